The molecule has 1 spiro atoms. The summed E-state index contributed by atoms with van der Waals surface area (Å²) in [6.07, 6.45) is 1.03. The molecule has 3 aromatic rings. The summed E-state index contributed by atoms with van der Waals surface area (Å²) in [6, 6.07) is 14.3. The van der Waals surface area contributed by atoms with Crippen LogP contribution in [0, 0.1) is 5.41 Å². The monoisotopic (exact) mass is 573 g/mol. The number of amidine groups is 1. The number of nitrogens with two attached hydrogens (primary N) is 1. The molecular formula is C30H31N5O5S. The third-order valence-corrected chi connectivity index (χ3v) is 9.02. The maximum atomic E-state index is 13.4. The van der Waals surface area contributed by atoms with Crippen molar-refractivity contribution in [2.75, 3.05) is 26.3 Å². The van der Waals surface area contributed by atoms with E-state index in [-0.39, 0.29) is 43.2 Å². The summed E-state index contributed by atoms with van der Waals surface area (Å²) in [6.45, 7) is 2.43. The van der Waals surface area contributed by atoms with Crippen LogP contribution in [-0.2, 0) is 25.5 Å². The standard InChI is InChI=1S/C30H31N5O5S/c1-17(25-12-21(15-41-25)27(31)32)34-29(38)24-13-30(39-8-9-40-30)16-35(24)26(36)14-33-28(37)20-7-6-19-10-18-4-2-3-5-22(18)23(19)11-20/h2-7,11-12,15,17,24H,8-10,13-14,16H2,1H3,(H3,31,32)(H,33,37)(H,34,38)/t17-,24?/m1/s1. The van der Waals surface area contributed by atoms with E-state index in [1.165, 1.54) is 27.4 Å². The molecule has 0 bridgehead atoms. The number of fused-ring (bicyclic) bond motifs is 3. The van der Waals surface area contributed by atoms with Gasteiger partial charge in [0.2, 0.25) is 11.8 Å². The van der Waals surface area contributed by atoms with Crippen LogP contribution in [-0.4, -0.2) is 66.6 Å². The number of nitrogen functional groups attached to an aromatic ring is 1. The van der Waals surface area contributed by atoms with Gasteiger partial charge in [-0.25, -0.2) is 0 Å². The molecule has 212 valence electrons. The molecule has 6 rings (SSSR count). The van der Waals surface area contributed by atoms with E-state index in [0.29, 0.717) is 24.3 Å². The van der Waals surface area contributed by atoms with Crippen molar-refractivity contribution in [1.82, 2.24) is 15.5 Å². The van der Waals surface area contributed by atoms with E-state index in [2.05, 4.69) is 22.8 Å². The van der Waals surface area contributed by atoms with Gasteiger partial charge in [-0.05, 0) is 53.8 Å². The van der Waals surface area contributed by atoms with Crippen molar-refractivity contribution in [2.45, 2.75) is 37.6 Å². The van der Waals surface area contributed by atoms with Gasteiger partial charge in [0.15, 0.2) is 5.79 Å². The number of carbonyl (C=O) groups is 3. The van der Waals surface area contributed by atoms with Crippen molar-refractivity contribution in [3.05, 3.63) is 81.0 Å². The zero-order valence-corrected chi connectivity index (χ0v) is 23.4. The molecule has 5 N–H and O–H groups in total. The number of benzene rings is 2. The first-order chi connectivity index (χ1) is 19.7. The van der Waals surface area contributed by atoms with E-state index in [1.807, 2.05) is 31.2 Å². The Labute approximate surface area is 241 Å². The van der Waals surface area contributed by atoms with Crippen LogP contribution in [0.4, 0.5) is 0 Å². The lowest BCUT2D eigenvalue weighted by Crippen LogP contribution is -2.49. The summed E-state index contributed by atoms with van der Waals surface area (Å²) in [5.41, 5.74) is 11.2. The number of hydrogen-bond donors (Lipinski definition) is 4. The van der Waals surface area contributed by atoms with Crippen molar-refractivity contribution in [2.24, 2.45) is 5.73 Å². The highest BCUT2D eigenvalue weighted by molar-refractivity contribution is 7.10. The van der Waals surface area contributed by atoms with Crippen LogP contribution in [0.25, 0.3) is 11.1 Å². The Hall–Kier alpha value is -4.06. The van der Waals surface area contributed by atoms with Crippen LogP contribution < -0.4 is 16.4 Å². The van der Waals surface area contributed by atoms with Gasteiger partial charge in [-0.2, -0.15) is 0 Å². The first-order valence-corrected chi connectivity index (χ1v) is 14.4. The van der Waals surface area contributed by atoms with Crippen molar-refractivity contribution in [1.29, 1.82) is 5.41 Å². The van der Waals surface area contributed by atoms with Gasteiger partial charge in [0.25, 0.3) is 5.91 Å². The quantitative estimate of drug-likeness (QED) is 0.197. The summed E-state index contributed by atoms with van der Waals surface area (Å²) in [4.78, 5) is 42.2. The Bertz CT molecular complexity index is 1550. The third-order valence-electron chi connectivity index (χ3n) is 7.91. The lowest BCUT2D eigenvalue weighted by molar-refractivity contribution is -0.152. The highest BCUT2D eigenvalue weighted by atomic mass is 32.1. The molecular weight excluding hydrogens is 542 g/mol. The number of amides is 3. The zero-order valence-electron chi connectivity index (χ0n) is 22.6. The molecule has 2 aliphatic heterocycles. The van der Waals surface area contributed by atoms with Gasteiger partial charge in [0.1, 0.15) is 11.9 Å². The normalized spacial score (nSPS) is 19.0. The van der Waals surface area contributed by atoms with Gasteiger partial charge in [0, 0.05) is 27.8 Å². The van der Waals surface area contributed by atoms with Crippen LogP contribution in [0.15, 0.2) is 53.9 Å². The smallest absolute Gasteiger partial charge is 0.251 e. The lowest BCUT2D eigenvalue weighted by atomic mass is 10.0. The van der Waals surface area contributed by atoms with E-state index in [1.54, 1.807) is 17.5 Å². The van der Waals surface area contributed by atoms with E-state index in [0.717, 1.165) is 22.4 Å². The SMILES string of the molecule is C[C@@H](NC(=O)C1CC2(CN1C(=O)CNC(=O)c1ccc3c(c1)-c1ccccc1C3)OCCO2)c1cc(C(=N)N)cs1. The minimum absolute atomic E-state index is 0.0391. The van der Waals surface area contributed by atoms with Crippen LogP contribution in [0.2, 0.25) is 0 Å². The maximum Gasteiger partial charge on any atom is 0.251 e. The van der Waals surface area contributed by atoms with Gasteiger partial charge >= 0.3 is 0 Å². The summed E-state index contributed by atoms with van der Waals surface area (Å²) >= 11 is 1.40. The van der Waals surface area contributed by atoms with Crippen molar-refractivity contribution in [3.63, 3.8) is 0 Å². The van der Waals surface area contributed by atoms with Gasteiger partial charge in [-0.1, -0.05) is 30.3 Å². The topological polar surface area (TPSA) is 147 Å². The fourth-order valence-electron chi connectivity index (χ4n) is 5.77. The Morgan fingerprint density at radius 1 is 1.10 bits per heavy atom. The van der Waals surface area contributed by atoms with Crippen molar-refractivity contribution < 1.29 is 23.9 Å². The van der Waals surface area contributed by atoms with Gasteiger partial charge in [-0.3, -0.25) is 19.8 Å². The predicted molar refractivity (Wildman–Crippen MR) is 154 cm³/mol. The van der Waals surface area contributed by atoms with Gasteiger partial charge in [-0.15, -0.1) is 11.3 Å². The average molecular weight is 574 g/mol. The van der Waals surface area contributed by atoms with E-state index in [9.17, 15) is 14.4 Å². The second-order valence-corrected chi connectivity index (χ2v) is 11.6. The highest BCUT2D eigenvalue weighted by Gasteiger charge is 2.52. The van der Waals surface area contributed by atoms with E-state index >= 15 is 0 Å². The molecule has 0 radical (unpaired) electrons. The Morgan fingerprint density at radius 3 is 2.61 bits per heavy atom. The van der Waals surface area contributed by atoms with Gasteiger partial charge < -0.3 is 30.7 Å². The van der Waals surface area contributed by atoms with Gasteiger partial charge in [0.05, 0.1) is 32.3 Å². The minimum atomic E-state index is -1.04. The lowest BCUT2D eigenvalue weighted by Gasteiger charge is -2.25. The Kier molecular flexibility index (Phi) is 7.10. The molecule has 41 heavy (non-hydrogen) atoms. The molecule has 1 aromatic heterocycles. The molecule has 2 aromatic carbocycles. The zero-order chi connectivity index (χ0) is 28.7. The molecule has 10 nitrogen and oxygen atoms in total. The second-order valence-electron chi connectivity index (χ2n) is 10.6. The summed E-state index contributed by atoms with van der Waals surface area (Å²) in [5.74, 6) is -2.18. The summed E-state index contributed by atoms with van der Waals surface area (Å²) in [7, 11) is 0. The fraction of sp³-hybridized carbons (Fsp3) is 0.333. The number of nitrogens with one attached hydrogen (secondary N) is 3. The van der Waals surface area contributed by atoms with Crippen molar-refractivity contribution >= 4 is 34.9 Å². The highest BCUT2D eigenvalue weighted by Crippen LogP contribution is 2.37. The molecule has 2 fully saturated rings. The number of ether oxygens (including phenoxy) is 2. The third kappa shape index (κ3) is 5.23. The van der Waals surface area contributed by atoms with E-state index < -0.39 is 17.7 Å². The van der Waals surface area contributed by atoms with Crippen LogP contribution in [0.3, 0.4) is 0 Å². The van der Waals surface area contributed by atoms with Crippen LogP contribution in [0.1, 0.15) is 51.3 Å². The number of thiophene rings is 1. The number of carbonyl (C=O) groups excluding carboxylic acids is 3. The number of likely N-dealkylation sites (tertiary alicyclic amines) is 1. The molecule has 1 unspecified atom stereocenters. The second kappa shape index (κ2) is 10.7. The summed E-state index contributed by atoms with van der Waals surface area (Å²) < 4.78 is 11.7. The first kappa shape index (κ1) is 27.1. The Balaban J connectivity index is 1.13. The number of rotatable bonds is 7. The molecule has 11 heteroatoms. The number of nitrogens with zero attached hydrogens (tertiary/aromatic N) is 1. The average Bonchev–Trinajstić information content (AvgIpc) is 3.77. The summed E-state index contributed by atoms with van der Waals surface area (Å²) in [5, 5.41) is 15.1. The molecule has 2 atom stereocenters. The number of hydrogen-bond acceptors (Lipinski definition) is 7. The predicted octanol–water partition coefficient (Wildman–Crippen LogP) is 2.55. The van der Waals surface area contributed by atoms with Crippen LogP contribution in [0.5, 0.6) is 0 Å². The fourth-order valence-corrected chi connectivity index (χ4v) is 6.68. The first-order valence-electron chi connectivity index (χ1n) is 13.5. The Morgan fingerprint density at radius 2 is 1.85 bits per heavy atom. The molecule has 3 amide bonds. The largest absolute Gasteiger partial charge is 0.384 e. The van der Waals surface area contributed by atoms with E-state index in [4.69, 9.17) is 20.6 Å². The molecule has 2 saturated heterocycles. The molecule has 0 saturated carbocycles. The molecule has 1 aliphatic carbocycles. The molecule has 3 heterocycles. The minimum Gasteiger partial charge on any atom is -0.384 e. The van der Waals surface area contributed by atoms with Crippen LogP contribution >= 0.6 is 11.3 Å². The van der Waals surface area contributed by atoms with Crippen molar-refractivity contribution in [3.8, 4) is 11.1 Å². The maximum absolute atomic E-state index is 13.4. The molecule has 3 aliphatic rings.